The Hall–Kier alpha value is -2.57. The number of esters is 1. The van der Waals surface area contributed by atoms with Gasteiger partial charge in [-0.15, -0.1) is 0 Å². The van der Waals surface area contributed by atoms with Crippen LogP contribution < -0.4 is 4.90 Å². The van der Waals surface area contributed by atoms with E-state index in [4.69, 9.17) is 9.72 Å². The van der Waals surface area contributed by atoms with Gasteiger partial charge in [-0.25, -0.2) is 4.98 Å². The van der Waals surface area contributed by atoms with Crippen LogP contribution in [0.15, 0.2) is 24.3 Å². The summed E-state index contributed by atoms with van der Waals surface area (Å²) in [5.41, 5.74) is 2.27. The number of piperidine rings is 2. The van der Waals surface area contributed by atoms with Gasteiger partial charge in [-0.2, -0.15) is 0 Å². The van der Waals surface area contributed by atoms with E-state index in [-0.39, 0.29) is 23.7 Å². The molecular formula is C26H36N4O3. The van der Waals surface area contributed by atoms with E-state index in [1.807, 2.05) is 11.8 Å². The minimum absolute atomic E-state index is 0.00488. The van der Waals surface area contributed by atoms with E-state index in [0.29, 0.717) is 38.6 Å². The third-order valence-electron chi connectivity index (χ3n) is 7.75. The molecule has 33 heavy (non-hydrogen) atoms. The minimum Gasteiger partial charge on any atom is -0.466 e. The Kier molecular flexibility index (Phi) is 6.56. The van der Waals surface area contributed by atoms with E-state index in [2.05, 4.69) is 33.7 Å². The molecule has 0 radical (unpaired) electrons. The number of fused-ring (bicyclic) bond motifs is 1. The Bertz CT molecular complexity index is 989. The van der Waals surface area contributed by atoms with Crippen LogP contribution in [0.1, 0.15) is 64.3 Å². The Balaban J connectivity index is 1.30. The molecule has 5 rings (SSSR count). The summed E-state index contributed by atoms with van der Waals surface area (Å²) in [6, 6.07) is 8.95. The lowest BCUT2D eigenvalue weighted by Crippen LogP contribution is -2.48. The summed E-state index contributed by atoms with van der Waals surface area (Å²) >= 11 is 0. The van der Waals surface area contributed by atoms with Crippen LogP contribution in [0.3, 0.4) is 0 Å². The number of anilines is 1. The highest BCUT2D eigenvalue weighted by Gasteiger charge is 2.35. The predicted octanol–water partition coefficient (Wildman–Crippen LogP) is 4.17. The van der Waals surface area contributed by atoms with Crippen molar-refractivity contribution in [1.82, 2.24) is 14.5 Å². The Morgan fingerprint density at radius 1 is 0.970 bits per heavy atom. The van der Waals surface area contributed by atoms with Crippen molar-refractivity contribution in [2.75, 3.05) is 37.7 Å². The summed E-state index contributed by atoms with van der Waals surface area (Å²) in [5.74, 6) is 1.10. The number of nitrogens with zero attached hydrogens (tertiary/aromatic N) is 4. The summed E-state index contributed by atoms with van der Waals surface area (Å²) < 4.78 is 7.63. The molecule has 0 bridgehead atoms. The number of hydrogen-bond acceptors (Lipinski definition) is 5. The molecule has 1 saturated carbocycles. The van der Waals surface area contributed by atoms with Crippen molar-refractivity contribution in [1.29, 1.82) is 0 Å². The van der Waals surface area contributed by atoms with Gasteiger partial charge in [0, 0.05) is 32.2 Å². The number of benzene rings is 1. The summed E-state index contributed by atoms with van der Waals surface area (Å²) in [6.07, 6.45) is 8.31. The van der Waals surface area contributed by atoms with Gasteiger partial charge in [0.15, 0.2) is 0 Å². The van der Waals surface area contributed by atoms with Gasteiger partial charge in [0.05, 0.1) is 29.5 Å². The SMILES string of the molecule is CCOC(=O)C1CCN(C(=O)C2CCCN(c3nc4ccccc4n3C3CCCC3)C2)CC1. The van der Waals surface area contributed by atoms with Crippen molar-refractivity contribution in [3.8, 4) is 0 Å². The zero-order valence-corrected chi connectivity index (χ0v) is 19.7. The van der Waals surface area contributed by atoms with Gasteiger partial charge < -0.3 is 19.1 Å². The van der Waals surface area contributed by atoms with E-state index in [9.17, 15) is 9.59 Å². The van der Waals surface area contributed by atoms with Crippen LogP contribution in [0, 0.1) is 11.8 Å². The third kappa shape index (κ3) is 4.46. The van der Waals surface area contributed by atoms with Gasteiger partial charge in [-0.1, -0.05) is 25.0 Å². The number of carbonyl (C=O) groups is 2. The van der Waals surface area contributed by atoms with Crippen molar-refractivity contribution in [2.45, 2.75) is 64.3 Å². The molecular weight excluding hydrogens is 416 g/mol. The first-order valence-corrected chi connectivity index (χ1v) is 12.8. The molecule has 2 aromatic rings. The lowest BCUT2D eigenvalue weighted by molar-refractivity contribution is -0.151. The zero-order chi connectivity index (χ0) is 22.8. The van der Waals surface area contributed by atoms with Crippen LogP contribution in [-0.4, -0.2) is 59.1 Å². The van der Waals surface area contributed by atoms with E-state index < -0.39 is 0 Å². The molecule has 7 heteroatoms. The number of imidazole rings is 1. The molecule has 3 fully saturated rings. The second-order valence-electron chi connectivity index (χ2n) is 9.85. The number of rotatable bonds is 5. The monoisotopic (exact) mass is 452 g/mol. The predicted molar refractivity (Wildman–Crippen MR) is 128 cm³/mol. The van der Waals surface area contributed by atoms with Crippen molar-refractivity contribution < 1.29 is 14.3 Å². The maximum Gasteiger partial charge on any atom is 0.309 e. The highest BCUT2D eigenvalue weighted by atomic mass is 16.5. The van der Waals surface area contributed by atoms with Crippen molar-refractivity contribution >= 4 is 28.9 Å². The number of ether oxygens (including phenoxy) is 1. The minimum atomic E-state index is -0.112. The Labute approximate surface area is 196 Å². The number of aromatic nitrogens is 2. The molecule has 2 aliphatic heterocycles. The number of likely N-dealkylation sites (tertiary alicyclic amines) is 1. The van der Waals surface area contributed by atoms with Gasteiger partial charge in [0.2, 0.25) is 11.9 Å². The van der Waals surface area contributed by atoms with Gasteiger partial charge in [-0.3, -0.25) is 9.59 Å². The van der Waals surface area contributed by atoms with Crippen LogP contribution in [0.4, 0.5) is 5.95 Å². The second-order valence-corrected chi connectivity index (χ2v) is 9.85. The Morgan fingerprint density at radius 3 is 2.48 bits per heavy atom. The summed E-state index contributed by atoms with van der Waals surface area (Å²) in [5, 5.41) is 0. The zero-order valence-electron chi connectivity index (χ0n) is 19.7. The number of hydrogen-bond donors (Lipinski definition) is 0. The molecule has 7 nitrogen and oxygen atoms in total. The molecule has 0 N–H and O–H groups in total. The van der Waals surface area contributed by atoms with Crippen LogP contribution in [0.25, 0.3) is 11.0 Å². The fraction of sp³-hybridized carbons (Fsp3) is 0.654. The smallest absolute Gasteiger partial charge is 0.309 e. The van der Waals surface area contributed by atoms with Crippen LogP contribution >= 0.6 is 0 Å². The van der Waals surface area contributed by atoms with Gasteiger partial charge in [-0.05, 0) is 57.6 Å². The summed E-state index contributed by atoms with van der Waals surface area (Å²) in [6.45, 7) is 5.24. The van der Waals surface area contributed by atoms with Gasteiger partial charge in [0.1, 0.15) is 0 Å². The molecule has 2 saturated heterocycles. The molecule has 3 heterocycles. The fourth-order valence-corrected chi connectivity index (χ4v) is 5.99. The first-order chi connectivity index (χ1) is 16.2. The number of carbonyl (C=O) groups excluding carboxylic acids is 2. The Morgan fingerprint density at radius 2 is 1.73 bits per heavy atom. The molecule has 178 valence electrons. The average Bonchev–Trinajstić information content (AvgIpc) is 3.51. The summed E-state index contributed by atoms with van der Waals surface area (Å²) in [7, 11) is 0. The normalized spacial score (nSPS) is 22.8. The molecule has 1 atom stereocenters. The fourth-order valence-electron chi connectivity index (χ4n) is 5.99. The quantitative estimate of drug-likeness (QED) is 0.637. The van der Waals surface area contributed by atoms with Crippen molar-refractivity contribution in [3.63, 3.8) is 0 Å². The lowest BCUT2D eigenvalue weighted by Gasteiger charge is -2.38. The molecule has 0 spiro atoms. The molecule has 1 aromatic heterocycles. The highest BCUT2D eigenvalue weighted by Crippen LogP contribution is 2.37. The highest BCUT2D eigenvalue weighted by molar-refractivity contribution is 5.82. The number of amides is 1. The molecule has 1 unspecified atom stereocenters. The van der Waals surface area contributed by atoms with E-state index in [1.165, 1.54) is 31.2 Å². The topological polar surface area (TPSA) is 67.7 Å². The third-order valence-corrected chi connectivity index (χ3v) is 7.75. The lowest BCUT2D eigenvalue weighted by atomic mass is 9.93. The van der Waals surface area contributed by atoms with E-state index in [0.717, 1.165) is 37.4 Å². The van der Waals surface area contributed by atoms with Crippen LogP contribution in [0.5, 0.6) is 0 Å². The largest absolute Gasteiger partial charge is 0.466 e. The van der Waals surface area contributed by atoms with Crippen molar-refractivity contribution in [2.24, 2.45) is 11.8 Å². The number of para-hydroxylation sites is 2. The van der Waals surface area contributed by atoms with E-state index >= 15 is 0 Å². The van der Waals surface area contributed by atoms with Crippen LogP contribution in [0.2, 0.25) is 0 Å². The van der Waals surface area contributed by atoms with Gasteiger partial charge in [0.25, 0.3) is 0 Å². The first kappa shape index (κ1) is 22.2. The molecule has 3 aliphatic rings. The molecule has 1 aliphatic carbocycles. The van der Waals surface area contributed by atoms with Gasteiger partial charge >= 0.3 is 5.97 Å². The standard InChI is InChI=1S/C26H36N4O3/c1-2-33-25(32)19-13-16-28(17-14-19)24(31)20-8-7-15-29(18-20)26-27-22-11-5-6-12-23(22)30(26)21-9-3-4-10-21/h5-6,11-12,19-21H,2-4,7-10,13-18H2,1H3. The summed E-state index contributed by atoms with van der Waals surface area (Å²) in [4.78, 5) is 34.8. The maximum absolute atomic E-state index is 13.4. The van der Waals surface area contributed by atoms with Crippen molar-refractivity contribution in [3.05, 3.63) is 24.3 Å². The molecule has 1 amide bonds. The first-order valence-electron chi connectivity index (χ1n) is 12.8. The second kappa shape index (κ2) is 9.74. The van der Waals surface area contributed by atoms with Crippen LogP contribution in [-0.2, 0) is 14.3 Å². The maximum atomic E-state index is 13.4. The molecule has 1 aromatic carbocycles. The average molecular weight is 453 g/mol. The van der Waals surface area contributed by atoms with E-state index in [1.54, 1.807) is 0 Å².